The Kier molecular flexibility index (Phi) is 13.1. The fraction of sp³-hybridized carbons (Fsp3) is 0.295. The van der Waals surface area contributed by atoms with Crippen molar-refractivity contribution >= 4 is 15.9 Å². The molecule has 1 fully saturated rings. The van der Waals surface area contributed by atoms with Gasteiger partial charge in [-0.05, 0) is 60.3 Å². The predicted octanol–water partition coefficient (Wildman–Crippen LogP) is 6.62. The smallest absolute Gasteiger partial charge is 0.241 e. The molecule has 5 aromatic carbocycles. The third-order valence-electron chi connectivity index (χ3n) is 9.86. The lowest BCUT2D eigenvalue weighted by Gasteiger charge is -2.42. The van der Waals surface area contributed by atoms with Gasteiger partial charge < -0.3 is 19.9 Å². The molecule has 0 aliphatic carbocycles. The standard InChI is InChI=1S/C44H49N3O6S/c1-31-14-24-39(25-15-31)54(50,51)46-40(26-33-10-6-4-7-11-33)43(49)45-27-34-16-22-38(23-17-34)44-52-41(29-47(3)28-35-12-8-5-9-13-35)32(2)42(53-44)37-20-18-36(30-48)19-21-37/h4-25,32,40-42,44,46,48H,26-30H2,1-3H3,(H,45,49)/t32-,40-,41+,42+,44+/m1/s1. The summed E-state index contributed by atoms with van der Waals surface area (Å²) in [6.07, 6.45) is -0.814. The Labute approximate surface area is 319 Å². The van der Waals surface area contributed by atoms with Gasteiger partial charge in [0, 0.05) is 31.1 Å². The number of hydrogen-bond donors (Lipinski definition) is 3. The summed E-state index contributed by atoms with van der Waals surface area (Å²) in [6, 6.07) is 40.8. The molecular formula is C44H49N3O6S. The van der Waals surface area contributed by atoms with Gasteiger partial charge in [0.1, 0.15) is 6.04 Å². The third-order valence-corrected chi connectivity index (χ3v) is 11.3. The van der Waals surface area contributed by atoms with E-state index in [2.05, 4.69) is 41.0 Å². The van der Waals surface area contributed by atoms with Crippen molar-refractivity contribution in [1.29, 1.82) is 0 Å². The van der Waals surface area contributed by atoms with Crippen LogP contribution < -0.4 is 10.0 Å². The monoisotopic (exact) mass is 747 g/mol. The minimum Gasteiger partial charge on any atom is -0.392 e. The first-order valence-electron chi connectivity index (χ1n) is 18.3. The van der Waals surface area contributed by atoms with Crippen LogP contribution >= 0.6 is 0 Å². The number of aliphatic hydroxyl groups excluding tert-OH is 1. The van der Waals surface area contributed by atoms with E-state index in [0.29, 0.717) is 6.54 Å². The Hall–Kier alpha value is -4.68. The molecular weight excluding hydrogens is 699 g/mol. The van der Waals surface area contributed by atoms with Crippen molar-refractivity contribution in [3.63, 3.8) is 0 Å². The number of benzene rings is 5. The van der Waals surface area contributed by atoms with Crippen LogP contribution in [-0.4, -0.2) is 50.1 Å². The lowest BCUT2D eigenvalue weighted by Crippen LogP contribution is -2.47. The van der Waals surface area contributed by atoms with Crippen LogP contribution in [0.25, 0.3) is 0 Å². The molecule has 0 saturated carbocycles. The fourth-order valence-electron chi connectivity index (χ4n) is 6.71. The number of hydrogen-bond acceptors (Lipinski definition) is 7. The summed E-state index contributed by atoms with van der Waals surface area (Å²) >= 11 is 0. The van der Waals surface area contributed by atoms with Gasteiger partial charge in [0.2, 0.25) is 15.9 Å². The van der Waals surface area contributed by atoms with E-state index in [1.54, 1.807) is 12.1 Å². The topological polar surface area (TPSA) is 117 Å². The highest BCUT2D eigenvalue weighted by molar-refractivity contribution is 7.89. The van der Waals surface area contributed by atoms with E-state index in [4.69, 9.17) is 9.47 Å². The molecule has 1 heterocycles. The number of likely N-dealkylation sites (N-methyl/N-ethyl adjacent to an activating group) is 1. The summed E-state index contributed by atoms with van der Waals surface area (Å²) in [5, 5.41) is 12.6. The Morgan fingerprint density at radius 3 is 1.98 bits per heavy atom. The molecule has 5 atom stereocenters. The summed E-state index contributed by atoms with van der Waals surface area (Å²) in [6.45, 7) is 5.70. The number of nitrogens with zero attached hydrogens (tertiary/aromatic N) is 1. The fourth-order valence-corrected chi connectivity index (χ4v) is 7.91. The van der Waals surface area contributed by atoms with E-state index < -0.39 is 28.3 Å². The summed E-state index contributed by atoms with van der Waals surface area (Å²) in [4.78, 5) is 16.0. The number of amides is 1. The van der Waals surface area contributed by atoms with Crippen LogP contribution in [0.4, 0.5) is 0 Å². The van der Waals surface area contributed by atoms with Gasteiger partial charge in [-0.2, -0.15) is 4.72 Å². The number of aliphatic hydroxyl groups is 1. The number of rotatable bonds is 15. The molecule has 10 heteroatoms. The molecule has 0 spiro atoms. The second-order valence-electron chi connectivity index (χ2n) is 14.1. The Balaban J connectivity index is 1.15. The van der Waals surface area contributed by atoms with Crippen molar-refractivity contribution in [2.75, 3.05) is 13.6 Å². The van der Waals surface area contributed by atoms with Crippen molar-refractivity contribution in [2.24, 2.45) is 5.92 Å². The zero-order chi connectivity index (χ0) is 38.1. The second-order valence-corrected chi connectivity index (χ2v) is 15.9. The predicted molar refractivity (Wildman–Crippen MR) is 209 cm³/mol. The molecule has 0 aromatic heterocycles. The van der Waals surface area contributed by atoms with Gasteiger partial charge in [0.25, 0.3) is 0 Å². The maximum absolute atomic E-state index is 13.6. The molecule has 1 amide bonds. The van der Waals surface area contributed by atoms with Crippen LogP contribution in [0, 0.1) is 12.8 Å². The summed E-state index contributed by atoms with van der Waals surface area (Å²) < 4.78 is 42.6. The van der Waals surface area contributed by atoms with E-state index in [9.17, 15) is 18.3 Å². The molecule has 6 rings (SSSR count). The van der Waals surface area contributed by atoms with Gasteiger partial charge in [-0.25, -0.2) is 8.42 Å². The van der Waals surface area contributed by atoms with Crippen LogP contribution in [0.3, 0.4) is 0 Å². The lowest BCUT2D eigenvalue weighted by atomic mass is 9.90. The first-order valence-corrected chi connectivity index (χ1v) is 19.8. The van der Waals surface area contributed by atoms with Crippen molar-refractivity contribution in [3.8, 4) is 0 Å². The van der Waals surface area contributed by atoms with Gasteiger partial charge in [0.15, 0.2) is 6.29 Å². The minimum atomic E-state index is -3.96. The van der Waals surface area contributed by atoms with E-state index in [1.807, 2.05) is 104 Å². The van der Waals surface area contributed by atoms with Crippen molar-refractivity contribution in [1.82, 2.24) is 14.9 Å². The number of nitrogens with one attached hydrogen (secondary N) is 2. The number of carbonyl (C=O) groups excluding carboxylic acids is 1. The van der Waals surface area contributed by atoms with Gasteiger partial charge in [-0.1, -0.05) is 134 Å². The molecule has 1 saturated heterocycles. The Morgan fingerprint density at radius 1 is 0.759 bits per heavy atom. The third kappa shape index (κ3) is 10.3. The normalized spacial score (nSPS) is 19.4. The average molecular weight is 748 g/mol. The summed E-state index contributed by atoms with van der Waals surface area (Å²) in [5.41, 5.74) is 6.55. The van der Waals surface area contributed by atoms with Crippen molar-refractivity contribution in [2.45, 2.75) is 69.4 Å². The summed E-state index contributed by atoms with van der Waals surface area (Å²) in [5.74, 6) is -0.384. The first kappa shape index (κ1) is 39.0. The van der Waals surface area contributed by atoms with Gasteiger partial charge in [-0.3, -0.25) is 9.69 Å². The van der Waals surface area contributed by atoms with Gasteiger partial charge >= 0.3 is 0 Å². The molecule has 9 nitrogen and oxygen atoms in total. The molecule has 3 N–H and O–H groups in total. The molecule has 0 radical (unpaired) electrons. The second kappa shape index (κ2) is 18.1. The Bertz CT molecular complexity index is 2040. The molecule has 1 aliphatic heterocycles. The molecule has 54 heavy (non-hydrogen) atoms. The quantitative estimate of drug-likeness (QED) is 0.110. The zero-order valence-corrected chi connectivity index (χ0v) is 31.8. The van der Waals surface area contributed by atoms with Crippen molar-refractivity contribution in [3.05, 3.63) is 172 Å². The highest BCUT2D eigenvalue weighted by Crippen LogP contribution is 2.42. The number of aryl methyl sites for hydroxylation is 1. The molecule has 5 aromatic rings. The van der Waals surface area contributed by atoms with Crippen LogP contribution in [0.15, 0.2) is 138 Å². The Morgan fingerprint density at radius 2 is 1.35 bits per heavy atom. The number of ether oxygens (including phenoxy) is 2. The van der Waals surface area contributed by atoms with E-state index in [-0.39, 0.29) is 42.6 Å². The van der Waals surface area contributed by atoms with Crippen LogP contribution in [0.1, 0.15) is 58.3 Å². The van der Waals surface area contributed by atoms with E-state index in [0.717, 1.165) is 39.9 Å². The highest BCUT2D eigenvalue weighted by atomic mass is 32.2. The zero-order valence-electron chi connectivity index (χ0n) is 31.0. The number of carbonyl (C=O) groups is 1. The lowest BCUT2D eigenvalue weighted by molar-refractivity contribution is -0.276. The maximum Gasteiger partial charge on any atom is 0.241 e. The largest absolute Gasteiger partial charge is 0.392 e. The van der Waals surface area contributed by atoms with E-state index >= 15 is 0 Å². The number of sulfonamides is 1. The first-order chi connectivity index (χ1) is 26.1. The molecule has 1 aliphatic rings. The summed E-state index contributed by atoms with van der Waals surface area (Å²) in [7, 11) is -1.86. The van der Waals surface area contributed by atoms with E-state index in [1.165, 1.54) is 17.7 Å². The molecule has 0 unspecified atom stereocenters. The van der Waals surface area contributed by atoms with Crippen molar-refractivity contribution < 1.29 is 27.8 Å². The van der Waals surface area contributed by atoms with Gasteiger partial charge in [0.05, 0.1) is 23.7 Å². The van der Waals surface area contributed by atoms with Crippen LogP contribution in [0.5, 0.6) is 0 Å². The van der Waals surface area contributed by atoms with Gasteiger partial charge in [-0.15, -0.1) is 0 Å². The average Bonchev–Trinajstić information content (AvgIpc) is 3.18. The molecule has 0 bridgehead atoms. The highest BCUT2D eigenvalue weighted by Gasteiger charge is 2.39. The SMILES string of the molecule is Cc1ccc(S(=O)(=O)N[C@H](Cc2ccccc2)C(=O)NCc2ccc([C@H]3O[C@@H](CN(C)Cc4ccccc4)[C@@H](C)[C@@H](c4ccc(CO)cc4)O3)cc2)cc1. The minimum absolute atomic E-state index is 0.0243. The maximum atomic E-state index is 13.6. The molecule has 282 valence electrons. The van der Waals surface area contributed by atoms with Crippen LogP contribution in [-0.2, 0) is 50.4 Å². The van der Waals surface area contributed by atoms with Crippen LogP contribution in [0.2, 0.25) is 0 Å².